The number of phenolic OH excluding ortho intramolecular Hbond substituents is 1. The highest BCUT2D eigenvalue weighted by molar-refractivity contribution is 6.54. The van der Waals surface area contributed by atoms with Gasteiger partial charge in [0.15, 0.2) is 0 Å². The minimum atomic E-state index is 0.154. The number of benzene rings is 1. The average Bonchev–Trinajstić information content (AvgIpc) is 2.49. The maximum atomic E-state index is 10.0. The molecule has 5 heteroatoms. The van der Waals surface area contributed by atoms with Crippen molar-refractivity contribution < 1.29 is 5.11 Å². The van der Waals surface area contributed by atoms with Crippen molar-refractivity contribution in [3.8, 4) is 17.0 Å². The Kier molecular flexibility index (Phi) is 4.22. The van der Waals surface area contributed by atoms with Crippen molar-refractivity contribution in [3.63, 3.8) is 0 Å². The average molecular weight is 277 g/mol. The van der Waals surface area contributed by atoms with Crippen LogP contribution in [0.3, 0.4) is 0 Å². The number of pyridine rings is 1. The van der Waals surface area contributed by atoms with Gasteiger partial charge in [-0.15, -0.1) is 0 Å². The van der Waals surface area contributed by atoms with Crippen molar-refractivity contribution in [3.05, 3.63) is 30.0 Å². The number of nitrogens with zero attached hydrogens (tertiary/aromatic N) is 1. The van der Waals surface area contributed by atoms with Crippen LogP contribution in [0.4, 0.5) is 0 Å². The summed E-state index contributed by atoms with van der Waals surface area (Å²) in [4.78, 5) is 4.65. The molecule has 0 unspecified atom stereocenters. The molecule has 1 aromatic carbocycles. The highest BCUT2D eigenvalue weighted by Crippen LogP contribution is 2.27. The van der Waals surface area contributed by atoms with Crippen LogP contribution in [0.25, 0.3) is 11.3 Å². The monoisotopic (exact) mass is 277 g/mol. The Morgan fingerprint density at radius 2 is 1.81 bits per heavy atom. The predicted octanol–water partition coefficient (Wildman–Crippen LogP) is -1.08. The zero-order valence-corrected chi connectivity index (χ0v) is 13.9. The SMILES string of the molecule is Bc1cc(-c2ccc(C(C)(C)CC)cn2)c(B)c(B)c1O. The quantitative estimate of drug-likeness (QED) is 0.724. The van der Waals surface area contributed by atoms with Gasteiger partial charge in [0, 0.05) is 6.20 Å². The van der Waals surface area contributed by atoms with Gasteiger partial charge in [0.1, 0.15) is 29.3 Å². The molecule has 0 amide bonds. The molecule has 0 atom stereocenters. The van der Waals surface area contributed by atoms with E-state index in [1.165, 1.54) is 5.56 Å². The van der Waals surface area contributed by atoms with Crippen molar-refractivity contribution in [1.29, 1.82) is 0 Å². The molecule has 1 heterocycles. The summed E-state index contributed by atoms with van der Waals surface area (Å²) in [5.74, 6) is 0.389. The Bertz CT molecular complexity index is 666. The van der Waals surface area contributed by atoms with Crippen LogP contribution in [-0.4, -0.2) is 33.6 Å². The van der Waals surface area contributed by atoms with Crippen molar-refractivity contribution in [1.82, 2.24) is 4.98 Å². The Labute approximate surface area is 130 Å². The molecule has 0 spiro atoms. The zero-order valence-electron chi connectivity index (χ0n) is 13.9. The molecule has 0 bridgehead atoms. The van der Waals surface area contributed by atoms with E-state index >= 15 is 0 Å². The minimum Gasteiger partial charge on any atom is -0.509 e. The second-order valence-corrected chi connectivity index (χ2v) is 6.51. The van der Waals surface area contributed by atoms with Crippen LogP contribution >= 0.6 is 0 Å². The second kappa shape index (κ2) is 5.63. The van der Waals surface area contributed by atoms with Crippen molar-refractivity contribution in [2.75, 3.05) is 0 Å². The summed E-state index contributed by atoms with van der Waals surface area (Å²) in [5, 5.41) is 10.0. The van der Waals surface area contributed by atoms with Crippen molar-refractivity contribution in [2.45, 2.75) is 32.6 Å². The Balaban J connectivity index is 2.50. The normalized spacial score (nSPS) is 11.6. The van der Waals surface area contributed by atoms with Crippen LogP contribution in [0.15, 0.2) is 24.4 Å². The number of rotatable bonds is 3. The summed E-state index contributed by atoms with van der Waals surface area (Å²) >= 11 is 0. The van der Waals surface area contributed by atoms with Gasteiger partial charge in [0.05, 0.1) is 5.69 Å². The fraction of sp³-hybridized carbons (Fsp3) is 0.312. The van der Waals surface area contributed by atoms with E-state index in [1.807, 2.05) is 35.8 Å². The Hall–Kier alpha value is -1.64. The largest absolute Gasteiger partial charge is 0.509 e. The summed E-state index contributed by atoms with van der Waals surface area (Å²) < 4.78 is 0. The fourth-order valence-corrected chi connectivity index (χ4v) is 2.49. The Morgan fingerprint density at radius 3 is 2.33 bits per heavy atom. The summed E-state index contributed by atoms with van der Waals surface area (Å²) in [6.45, 7) is 6.68. The van der Waals surface area contributed by atoms with Gasteiger partial charge in [-0.2, -0.15) is 0 Å². The van der Waals surface area contributed by atoms with Gasteiger partial charge in [-0.05, 0) is 34.5 Å². The molecule has 0 aliphatic rings. The van der Waals surface area contributed by atoms with E-state index in [0.29, 0.717) is 5.75 Å². The molecule has 0 aliphatic carbocycles. The van der Waals surface area contributed by atoms with E-state index in [9.17, 15) is 5.11 Å². The first-order valence-corrected chi connectivity index (χ1v) is 7.54. The summed E-state index contributed by atoms with van der Waals surface area (Å²) in [5.41, 5.74) is 6.41. The molecule has 0 aliphatic heterocycles. The van der Waals surface area contributed by atoms with Crippen LogP contribution in [-0.2, 0) is 5.41 Å². The third-order valence-electron chi connectivity index (χ3n) is 4.76. The lowest BCUT2D eigenvalue weighted by molar-refractivity contribution is 0.484. The summed E-state index contributed by atoms with van der Waals surface area (Å²) in [6.07, 6.45) is 3.07. The second-order valence-electron chi connectivity index (χ2n) is 6.51. The third-order valence-corrected chi connectivity index (χ3v) is 4.76. The Morgan fingerprint density at radius 1 is 1.14 bits per heavy atom. The van der Waals surface area contributed by atoms with Gasteiger partial charge >= 0.3 is 0 Å². The molecule has 1 N–H and O–H groups in total. The first-order chi connectivity index (χ1) is 9.77. The molecule has 0 radical (unpaired) electrons. The molecule has 2 nitrogen and oxygen atoms in total. The highest BCUT2D eigenvalue weighted by Gasteiger charge is 2.18. The predicted molar refractivity (Wildman–Crippen MR) is 99.2 cm³/mol. The lowest BCUT2D eigenvalue weighted by Crippen LogP contribution is -2.32. The topological polar surface area (TPSA) is 33.1 Å². The first-order valence-electron chi connectivity index (χ1n) is 7.54. The number of hydrogen-bond donors (Lipinski definition) is 1. The van der Waals surface area contributed by atoms with Gasteiger partial charge in [-0.3, -0.25) is 4.98 Å². The van der Waals surface area contributed by atoms with Gasteiger partial charge in [-0.1, -0.05) is 43.8 Å². The van der Waals surface area contributed by atoms with Gasteiger partial charge in [-0.25, -0.2) is 0 Å². The van der Waals surface area contributed by atoms with Crippen molar-refractivity contribution >= 4 is 39.9 Å². The number of aromatic hydroxyl groups is 1. The van der Waals surface area contributed by atoms with Crippen LogP contribution in [0.2, 0.25) is 0 Å². The molecule has 106 valence electrons. The van der Waals surface area contributed by atoms with E-state index in [0.717, 1.165) is 34.1 Å². The molecular formula is C16H22B3NO. The lowest BCUT2D eigenvalue weighted by Gasteiger charge is -2.23. The van der Waals surface area contributed by atoms with Crippen LogP contribution in [0.5, 0.6) is 5.75 Å². The number of hydrogen-bond acceptors (Lipinski definition) is 2. The fourth-order valence-electron chi connectivity index (χ4n) is 2.49. The molecule has 0 saturated carbocycles. The maximum absolute atomic E-state index is 10.0. The van der Waals surface area contributed by atoms with E-state index in [1.54, 1.807) is 0 Å². The summed E-state index contributed by atoms with van der Waals surface area (Å²) in [6, 6.07) is 6.28. The lowest BCUT2D eigenvalue weighted by atomic mass is 9.72. The molecule has 0 fully saturated rings. The third kappa shape index (κ3) is 2.87. The van der Waals surface area contributed by atoms with E-state index in [-0.39, 0.29) is 5.41 Å². The zero-order chi connectivity index (χ0) is 15.8. The summed E-state index contributed by atoms with van der Waals surface area (Å²) in [7, 11) is 5.92. The first kappa shape index (κ1) is 15.7. The number of aromatic nitrogens is 1. The number of phenols is 1. The van der Waals surface area contributed by atoms with E-state index in [2.05, 4.69) is 37.9 Å². The smallest absolute Gasteiger partial charge is 0.144 e. The van der Waals surface area contributed by atoms with Gasteiger partial charge < -0.3 is 5.11 Å². The van der Waals surface area contributed by atoms with E-state index < -0.39 is 0 Å². The van der Waals surface area contributed by atoms with Gasteiger partial charge in [0.2, 0.25) is 0 Å². The minimum absolute atomic E-state index is 0.154. The molecule has 1 aromatic heterocycles. The van der Waals surface area contributed by atoms with Crippen LogP contribution in [0.1, 0.15) is 32.8 Å². The highest BCUT2D eigenvalue weighted by atomic mass is 16.3. The molecule has 21 heavy (non-hydrogen) atoms. The molecule has 2 aromatic rings. The molecular weight excluding hydrogens is 255 g/mol. The van der Waals surface area contributed by atoms with Crippen LogP contribution < -0.4 is 16.4 Å². The standard InChI is InChI=1S/C16H22B3NO/c1-4-16(2,3)9-5-6-12(20-8-9)10-7-11(17)15(21)14(19)13(10)18/h5-8,21H,4,17-19H2,1-3H3. The molecule has 2 rings (SSSR count). The molecule has 0 saturated heterocycles. The van der Waals surface area contributed by atoms with Crippen LogP contribution in [0, 0.1) is 0 Å². The maximum Gasteiger partial charge on any atom is 0.144 e. The van der Waals surface area contributed by atoms with Crippen molar-refractivity contribution in [2.24, 2.45) is 0 Å². The van der Waals surface area contributed by atoms with E-state index in [4.69, 9.17) is 0 Å². The van der Waals surface area contributed by atoms with Gasteiger partial charge in [0.25, 0.3) is 0 Å².